The first-order valence-electron chi connectivity index (χ1n) is 5.92. The normalized spacial score (nSPS) is 20.5. The summed E-state index contributed by atoms with van der Waals surface area (Å²) in [5, 5.41) is 0. The fourth-order valence-electron chi connectivity index (χ4n) is 2.55. The third kappa shape index (κ3) is 1.93. The molecule has 0 radical (unpaired) electrons. The molecule has 1 aromatic heterocycles. The SMILES string of the molecule is Cc1[nH]c(C2(C)CCCCC2)nc1CN. The highest BCUT2D eigenvalue weighted by molar-refractivity contribution is 5.18. The number of nitrogens with zero attached hydrogens (tertiary/aromatic N) is 1. The van der Waals surface area contributed by atoms with Crippen LogP contribution in [0.4, 0.5) is 0 Å². The van der Waals surface area contributed by atoms with Crippen molar-refractivity contribution in [1.29, 1.82) is 0 Å². The van der Waals surface area contributed by atoms with E-state index in [2.05, 4.69) is 23.8 Å². The number of rotatable bonds is 2. The molecule has 1 aliphatic rings. The predicted molar refractivity (Wildman–Crippen MR) is 61.7 cm³/mol. The lowest BCUT2D eigenvalue weighted by atomic mass is 9.75. The third-order valence-corrected chi connectivity index (χ3v) is 3.71. The Morgan fingerprint density at radius 1 is 1.33 bits per heavy atom. The van der Waals surface area contributed by atoms with Crippen LogP contribution in [0.2, 0.25) is 0 Å². The maximum atomic E-state index is 5.65. The van der Waals surface area contributed by atoms with E-state index >= 15 is 0 Å². The second kappa shape index (κ2) is 3.97. The van der Waals surface area contributed by atoms with E-state index in [1.54, 1.807) is 0 Å². The van der Waals surface area contributed by atoms with Gasteiger partial charge in [0.25, 0.3) is 0 Å². The average Bonchev–Trinajstić information content (AvgIpc) is 2.61. The van der Waals surface area contributed by atoms with Crippen LogP contribution in [0.5, 0.6) is 0 Å². The monoisotopic (exact) mass is 207 g/mol. The van der Waals surface area contributed by atoms with Crippen molar-refractivity contribution in [3.63, 3.8) is 0 Å². The number of aryl methyl sites for hydroxylation is 1. The van der Waals surface area contributed by atoms with Gasteiger partial charge < -0.3 is 10.7 Å². The minimum Gasteiger partial charge on any atom is -0.345 e. The van der Waals surface area contributed by atoms with E-state index in [9.17, 15) is 0 Å². The quantitative estimate of drug-likeness (QED) is 0.782. The van der Waals surface area contributed by atoms with Crippen LogP contribution in [0, 0.1) is 6.92 Å². The van der Waals surface area contributed by atoms with Crippen LogP contribution in [0.1, 0.15) is 56.2 Å². The van der Waals surface area contributed by atoms with Gasteiger partial charge in [-0.05, 0) is 19.8 Å². The summed E-state index contributed by atoms with van der Waals surface area (Å²) < 4.78 is 0. The molecule has 1 saturated carbocycles. The molecular weight excluding hydrogens is 186 g/mol. The fourth-order valence-corrected chi connectivity index (χ4v) is 2.55. The van der Waals surface area contributed by atoms with Gasteiger partial charge in [-0.15, -0.1) is 0 Å². The summed E-state index contributed by atoms with van der Waals surface area (Å²) in [7, 11) is 0. The molecule has 0 bridgehead atoms. The lowest BCUT2D eigenvalue weighted by Crippen LogP contribution is -2.26. The summed E-state index contributed by atoms with van der Waals surface area (Å²) in [5.41, 5.74) is 8.08. The van der Waals surface area contributed by atoms with Gasteiger partial charge in [0, 0.05) is 17.7 Å². The summed E-state index contributed by atoms with van der Waals surface area (Å²) in [6, 6.07) is 0. The van der Waals surface area contributed by atoms with E-state index in [-0.39, 0.29) is 5.41 Å². The molecule has 3 N–H and O–H groups in total. The van der Waals surface area contributed by atoms with Crippen LogP contribution in [-0.4, -0.2) is 9.97 Å². The maximum Gasteiger partial charge on any atom is 0.112 e. The van der Waals surface area contributed by atoms with E-state index in [0.29, 0.717) is 6.54 Å². The smallest absolute Gasteiger partial charge is 0.112 e. The molecule has 0 saturated heterocycles. The van der Waals surface area contributed by atoms with Crippen molar-refractivity contribution in [2.45, 2.75) is 57.9 Å². The Labute approximate surface area is 91.5 Å². The molecule has 0 amide bonds. The van der Waals surface area contributed by atoms with E-state index in [4.69, 9.17) is 5.73 Å². The first-order valence-corrected chi connectivity index (χ1v) is 5.92. The van der Waals surface area contributed by atoms with Crippen molar-refractivity contribution < 1.29 is 0 Å². The molecule has 0 aromatic carbocycles. The number of nitrogens with one attached hydrogen (secondary N) is 1. The first kappa shape index (κ1) is 10.7. The Hall–Kier alpha value is -0.830. The number of imidazole rings is 1. The molecule has 1 aliphatic carbocycles. The van der Waals surface area contributed by atoms with Crippen molar-refractivity contribution in [2.24, 2.45) is 5.73 Å². The van der Waals surface area contributed by atoms with E-state index in [0.717, 1.165) is 17.2 Å². The number of nitrogens with two attached hydrogens (primary N) is 1. The summed E-state index contributed by atoms with van der Waals surface area (Å²) in [5.74, 6) is 1.15. The van der Waals surface area contributed by atoms with Gasteiger partial charge in [-0.25, -0.2) is 4.98 Å². The number of aromatic nitrogens is 2. The summed E-state index contributed by atoms with van der Waals surface area (Å²) in [4.78, 5) is 8.06. The van der Waals surface area contributed by atoms with Gasteiger partial charge >= 0.3 is 0 Å². The minimum absolute atomic E-state index is 0.260. The molecule has 3 heteroatoms. The molecule has 1 heterocycles. The summed E-state index contributed by atoms with van der Waals surface area (Å²) in [6.07, 6.45) is 6.54. The highest BCUT2D eigenvalue weighted by atomic mass is 15.0. The van der Waals surface area contributed by atoms with Gasteiger partial charge in [-0.2, -0.15) is 0 Å². The van der Waals surface area contributed by atoms with Crippen LogP contribution >= 0.6 is 0 Å². The summed E-state index contributed by atoms with van der Waals surface area (Å²) >= 11 is 0. The molecule has 0 aliphatic heterocycles. The molecule has 3 nitrogen and oxygen atoms in total. The van der Waals surface area contributed by atoms with Gasteiger partial charge in [0.2, 0.25) is 0 Å². The molecule has 15 heavy (non-hydrogen) atoms. The number of hydrogen-bond donors (Lipinski definition) is 2. The summed E-state index contributed by atoms with van der Waals surface area (Å²) in [6.45, 7) is 4.92. The molecule has 0 unspecified atom stereocenters. The Balaban J connectivity index is 2.27. The Kier molecular flexibility index (Phi) is 2.83. The largest absolute Gasteiger partial charge is 0.345 e. The Morgan fingerprint density at radius 3 is 2.53 bits per heavy atom. The predicted octanol–water partition coefficient (Wildman–Crippen LogP) is 2.40. The minimum atomic E-state index is 0.260. The zero-order valence-corrected chi connectivity index (χ0v) is 9.77. The van der Waals surface area contributed by atoms with E-state index in [1.165, 1.54) is 32.1 Å². The topological polar surface area (TPSA) is 54.7 Å². The van der Waals surface area contributed by atoms with Crippen LogP contribution < -0.4 is 5.73 Å². The number of aromatic amines is 1. The lowest BCUT2D eigenvalue weighted by molar-refractivity contribution is 0.305. The third-order valence-electron chi connectivity index (χ3n) is 3.71. The van der Waals surface area contributed by atoms with Gasteiger partial charge in [-0.1, -0.05) is 26.2 Å². The second-order valence-electron chi connectivity index (χ2n) is 4.98. The van der Waals surface area contributed by atoms with Crippen molar-refractivity contribution in [1.82, 2.24) is 9.97 Å². The lowest BCUT2D eigenvalue weighted by Gasteiger charge is -2.31. The highest BCUT2D eigenvalue weighted by Crippen LogP contribution is 2.37. The standard InChI is InChI=1S/C12H21N3/c1-9-10(8-13)15-11(14-9)12(2)6-4-3-5-7-12/h3-8,13H2,1-2H3,(H,14,15). The van der Waals surface area contributed by atoms with Crippen molar-refractivity contribution in [2.75, 3.05) is 0 Å². The van der Waals surface area contributed by atoms with Crippen LogP contribution in [-0.2, 0) is 12.0 Å². The zero-order valence-electron chi connectivity index (χ0n) is 9.77. The van der Waals surface area contributed by atoms with E-state index < -0.39 is 0 Å². The Morgan fingerprint density at radius 2 is 2.00 bits per heavy atom. The van der Waals surface area contributed by atoms with Gasteiger partial charge in [0.05, 0.1) is 5.69 Å². The molecule has 1 fully saturated rings. The fraction of sp³-hybridized carbons (Fsp3) is 0.750. The van der Waals surface area contributed by atoms with Gasteiger partial charge in [-0.3, -0.25) is 0 Å². The van der Waals surface area contributed by atoms with Gasteiger partial charge in [0.15, 0.2) is 0 Å². The second-order valence-corrected chi connectivity index (χ2v) is 4.98. The molecule has 0 spiro atoms. The first-order chi connectivity index (χ1) is 7.15. The molecule has 84 valence electrons. The van der Waals surface area contributed by atoms with E-state index in [1.807, 2.05) is 0 Å². The molecule has 2 rings (SSSR count). The Bertz CT molecular complexity index is 335. The maximum absolute atomic E-state index is 5.65. The number of H-pyrrole nitrogens is 1. The molecule has 1 aromatic rings. The molecule has 0 atom stereocenters. The van der Waals surface area contributed by atoms with Crippen LogP contribution in [0.3, 0.4) is 0 Å². The van der Waals surface area contributed by atoms with Crippen molar-refractivity contribution in [3.8, 4) is 0 Å². The molecular formula is C12H21N3. The average molecular weight is 207 g/mol. The van der Waals surface area contributed by atoms with Crippen molar-refractivity contribution >= 4 is 0 Å². The van der Waals surface area contributed by atoms with Crippen LogP contribution in [0.15, 0.2) is 0 Å². The van der Waals surface area contributed by atoms with Gasteiger partial charge in [0.1, 0.15) is 5.82 Å². The van der Waals surface area contributed by atoms with Crippen molar-refractivity contribution in [3.05, 3.63) is 17.2 Å². The number of hydrogen-bond acceptors (Lipinski definition) is 2. The highest BCUT2D eigenvalue weighted by Gasteiger charge is 2.31. The van der Waals surface area contributed by atoms with Crippen LogP contribution in [0.25, 0.3) is 0 Å². The zero-order chi connectivity index (χ0) is 10.9.